The predicted octanol–water partition coefficient (Wildman–Crippen LogP) is -0.339. The van der Waals surface area contributed by atoms with Crippen LogP contribution in [0.3, 0.4) is 0 Å². The highest BCUT2D eigenvalue weighted by Crippen LogP contribution is 2.19. The molecule has 104 valence electrons. The number of hydrogen-bond donors (Lipinski definition) is 1. The minimum absolute atomic E-state index is 0. The lowest BCUT2D eigenvalue weighted by Gasteiger charge is -2.07. The fourth-order valence-electron chi connectivity index (χ4n) is 1.90. The number of nitrogens with zero attached hydrogens (tertiary/aromatic N) is 1. The molecule has 2 aromatic rings. The van der Waals surface area contributed by atoms with Crippen molar-refractivity contribution in [3.05, 3.63) is 41.2 Å². The molecule has 0 bridgehead atoms. The van der Waals surface area contributed by atoms with Crippen LogP contribution in [0, 0.1) is 13.8 Å². The van der Waals surface area contributed by atoms with Crippen molar-refractivity contribution in [1.29, 1.82) is 0 Å². The molecule has 0 amide bonds. The fraction of sp³-hybridized carbons (Fsp3) is 0.357. The lowest BCUT2D eigenvalue weighted by Crippen LogP contribution is -3.00. The lowest BCUT2D eigenvalue weighted by molar-refractivity contribution is -0.00000482. The molecule has 0 spiro atoms. The van der Waals surface area contributed by atoms with Crippen LogP contribution in [0.25, 0.3) is 0 Å². The van der Waals surface area contributed by atoms with Gasteiger partial charge in [0, 0.05) is 18.2 Å². The second kappa shape index (κ2) is 7.04. The first-order chi connectivity index (χ1) is 8.70. The zero-order chi connectivity index (χ0) is 13.0. The van der Waals surface area contributed by atoms with Crippen LogP contribution in [0.2, 0.25) is 0 Å². The molecule has 1 aromatic heterocycles. The summed E-state index contributed by atoms with van der Waals surface area (Å²) >= 11 is 0. The molecule has 2 rings (SSSR count). The largest absolute Gasteiger partial charge is 1.00 e. The summed E-state index contributed by atoms with van der Waals surface area (Å²) in [7, 11) is 1.65. The van der Waals surface area contributed by atoms with Crippen LogP contribution in [0.1, 0.15) is 17.0 Å². The van der Waals surface area contributed by atoms with Gasteiger partial charge in [-0.1, -0.05) is 6.07 Å². The highest BCUT2D eigenvalue weighted by molar-refractivity contribution is 5.33. The van der Waals surface area contributed by atoms with E-state index < -0.39 is 0 Å². The number of methoxy groups -OCH3 is 1. The average Bonchev–Trinajstić information content (AvgIpc) is 2.70. The normalized spacial score (nSPS) is 9.84. The predicted molar refractivity (Wildman–Crippen MR) is 70.3 cm³/mol. The summed E-state index contributed by atoms with van der Waals surface area (Å²) in [6.07, 6.45) is 0.853. The number of nitrogens with one attached hydrogen (secondary N) is 1. The zero-order valence-electron chi connectivity index (χ0n) is 11.4. The van der Waals surface area contributed by atoms with E-state index in [2.05, 4.69) is 10.2 Å². The highest BCUT2D eigenvalue weighted by atomic mass is 35.5. The number of aromatic amines is 1. The SMILES string of the molecule is COc1cccc(OCCc2c(C)n[nH]c2C)c1.[Cl-]. The van der Waals surface area contributed by atoms with E-state index in [1.54, 1.807) is 7.11 Å². The van der Waals surface area contributed by atoms with Crippen molar-refractivity contribution in [2.75, 3.05) is 13.7 Å². The van der Waals surface area contributed by atoms with Gasteiger partial charge in [-0.25, -0.2) is 0 Å². The van der Waals surface area contributed by atoms with E-state index in [0.717, 1.165) is 29.3 Å². The third kappa shape index (κ3) is 3.89. The van der Waals surface area contributed by atoms with Gasteiger partial charge in [0.05, 0.1) is 19.4 Å². The average molecular weight is 282 g/mol. The minimum Gasteiger partial charge on any atom is -1.00 e. The number of aromatic nitrogens is 2. The van der Waals surface area contributed by atoms with Crippen molar-refractivity contribution in [3.63, 3.8) is 0 Å². The molecule has 0 unspecified atom stereocenters. The van der Waals surface area contributed by atoms with Crippen molar-refractivity contribution >= 4 is 0 Å². The molecular weight excluding hydrogens is 264 g/mol. The summed E-state index contributed by atoms with van der Waals surface area (Å²) in [6.45, 7) is 4.67. The number of H-pyrrole nitrogens is 1. The van der Waals surface area contributed by atoms with E-state index in [0.29, 0.717) is 6.61 Å². The van der Waals surface area contributed by atoms with Crippen LogP contribution in [0.5, 0.6) is 11.5 Å². The molecular formula is C14H18ClN2O2-. The third-order valence-electron chi connectivity index (χ3n) is 2.94. The summed E-state index contributed by atoms with van der Waals surface area (Å²) in [6, 6.07) is 7.63. The van der Waals surface area contributed by atoms with Crippen LogP contribution in [0.4, 0.5) is 0 Å². The summed E-state index contributed by atoms with van der Waals surface area (Å²) in [5.74, 6) is 1.64. The van der Waals surface area contributed by atoms with Gasteiger partial charge in [-0.15, -0.1) is 0 Å². The molecule has 0 aliphatic carbocycles. The number of aryl methyl sites for hydroxylation is 2. The van der Waals surface area contributed by atoms with Gasteiger partial charge in [-0.2, -0.15) is 5.10 Å². The quantitative estimate of drug-likeness (QED) is 0.816. The maximum absolute atomic E-state index is 5.71. The lowest BCUT2D eigenvalue weighted by atomic mass is 10.1. The molecule has 0 saturated carbocycles. The summed E-state index contributed by atoms with van der Waals surface area (Å²) in [4.78, 5) is 0. The Balaban J connectivity index is 0.00000180. The number of benzene rings is 1. The molecule has 0 fully saturated rings. The van der Waals surface area contributed by atoms with E-state index in [-0.39, 0.29) is 12.4 Å². The van der Waals surface area contributed by atoms with Crippen molar-refractivity contribution in [1.82, 2.24) is 10.2 Å². The first kappa shape index (κ1) is 15.4. The molecule has 0 aliphatic rings. The maximum Gasteiger partial charge on any atom is 0.122 e. The van der Waals surface area contributed by atoms with E-state index in [1.165, 1.54) is 5.56 Å². The Morgan fingerprint density at radius 1 is 1.21 bits per heavy atom. The number of halogens is 1. The number of ether oxygens (including phenoxy) is 2. The Morgan fingerprint density at radius 3 is 2.58 bits per heavy atom. The van der Waals surface area contributed by atoms with Crippen molar-refractivity contribution in [2.45, 2.75) is 20.3 Å². The van der Waals surface area contributed by atoms with Crippen molar-refractivity contribution in [3.8, 4) is 11.5 Å². The Bertz CT molecular complexity index is 506. The van der Waals surface area contributed by atoms with Crippen LogP contribution in [-0.4, -0.2) is 23.9 Å². The van der Waals surface area contributed by atoms with Gasteiger partial charge in [0.1, 0.15) is 11.5 Å². The summed E-state index contributed by atoms with van der Waals surface area (Å²) in [5.41, 5.74) is 3.39. The third-order valence-corrected chi connectivity index (χ3v) is 2.94. The minimum atomic E-state index is 0. The van der Waals surface area contributed by atoms with Gasteiger partial charge in [-0.3, -0.25) is 5.10 Å². The second-order valence-electron chi connectivity index (χ2n) is 4.19. The molecule has 0 aliphatic heterocycles. The van der Waals surface area contributed by atoms with Gasteiger partial charge in [0.15, 0.2) is 0 Å². The van der Waals surface area contributed by atoms with Crippen LogP contribution in [0.15, 0.2) is 24.3 Å². The molecule has 4 nitrogen and oxygen atoms in total. The molecule has 0 saturated heterocycles. The smallest absolute Gasteiger partial charge is 0.122 e. The molecule has 0 atom stereocenters. The molecule has 19 heavy (non-hydrogen) atoms. The van der Waals surface area contributed by atoms with Gasteiger partial charge in [0.25, 0.3) is 0 Å². The second-order valence-corrected chi connectivity index (χ2v) is 4.19. The first-order valence-electron chi connectivity index (χ1n) is 5.98. The van der Waals surface area contributed by atoms with Crippen LogP contribution in [-0.2, 0) is 6.42 Å². The number of rotatable bonds is 5. The van der Waals surface area contributed by atoms with E-state index in [9.17, 15) is 0 Å². The molecule has 1 heterocycles. The Hall–Kier alpha value is -1.68. The molecule has 5 heteroatoms. The van der Waals surface area contributed by atoms with Crippen LogP contribution >= 0.6 is 0 Å². The Morgan fingerprint density at radius 2 is 1.95 bits per heavy atom. The standard InChI is InChI=1S/C14H18N2O2.ClH/c1-10-14(11(2)16-15-10)7-8-18-13-6-4-5-12(9-13)17-3;/h4-6,9H,7-8H2,1-3H3,(H,15,16);1H/p-1. The fourth-order valence-corrected chi connectivity index (χ4v) is 1.90. The zero-order valence-corrected chi connectivity index (χ0v) is 12.1. The summed E-state index contributed by atoms with van der Waals surface area (Å²) in [5, 5.41) is 7.15. The van der Waals surface area contributed by atoms with Gasteiger partial charge >= 0.3 is 0 Å². The molecule has 0 radical (unpaired) electrons. The van der Waals surface area contributed by atoms with Crippen molar-refractivity contribution in [2.24, 2.45) is 0 Å². The highest BCUT2D eigenvalue weighted by Gasteiger charge is 2.06. The Kier molecular flexibility index (Phi) is 5.70. The molecule has 1 aromatic carbocycles. The van der Waals surface area contributed by atoms with Crippen LogP contribution < -0.4 is 21.9 Å². The topological polar surface area (TPSA) is 47.1 Å². The van der Waals surface area contributed by atoms with Gasteiger partial charge in [0.2, 0.25) is 0 Å². The van der Waals surface area contributed by atoms with Gasteiger partial charge < -0.3 is 21.9 Å². The van der Waals surface area contributed by atoms with E-state index >= 15 is 0 Å². The Labute approximate surface area is 119 Å². The number of hydrogen-bond acceptors (Lipinski definition) is 3. The molecule has 1 N–H and O–H groups in total. The van der Waals surface area contributed by atoms with Gasteiger partial charge in [-0.05, 0) is 31.5 Å². The van der Waals surface area contributed by atoms with Crippen molar-refractivity contribution < 1.29 is 21.9 Å². The van der Waals surface area contributed by atoms with E-state index in [4.69, 9.17) is 9.47 Å². The van der Waals surface area contributed by atoms with E-state index in [1.807, 2.05) is 38.1 Å². The first-order valence-corrected chi connectivity index (χ1v) is 5.98. The monoisotopic (exact) mass is 281 g/mol. The maximum atomic E-state index is 5.71. The summed E-state index contributed by atoms with van der Waals surface area (Å²) < 4.78 is 10.9.